The lowest BCUT2D eigenvalue weighted by atomic mass is 9.96. The molecular formula is C45H27N3S. The first kappa shape index (κ1) is 27.8. The summed E-state index contributed by atoms with van der Waals surface area (Å²) in [6, 6.07) is 58.2. The fraction of sp³-hybridized carbons (Fsp3) is 0. The van der Waals surface area contributed by atoms with Gasteiger partial charge in [-0.1, -0.05) is 121 Å². The molecule has 0 unspecified atom stereocenters. The van der Waals surface area contributed by atoms with E-state index in [0.717, 1.165) is 33.2 Å². The fourth-order valence-electron chi connectivity index (χ4n) is 6.99. The Labute approximate surface area is 286 Å². The summed E-state index contributed by atoms with van der Waals surface area (Å²) in [4.78, 5) is 15.3. The molecule has 0 saturated heterocycles. The molecule has 228 valence electrons. The fourth-order valence-corrected chi connectivity index (χ4v) is 8.07. The Morgan fingerprint density at radius 2 is 0.816 bits per heavy atom. The summed E-state index contributed by atoms with van der Waals surface area (Å²) in [6.07, 6.45) is 0. The molecule has 0 spiro atoms. The second kappa shape index (κ2) is 11.2. The van der Waals surface area contributed by atoms with Crippen molar-refractivity contribution in [3.05, 3.63) is 164 Å². The molecule has 4 heteroatoms. The van der Waals surface area contributed by atoms with Crippen molar-refractivity contribution in [3.63, 3.8) is 0 Å². The van der Waals surface area contributed by atoms with Crippen LogP contribution in [0.1, 0.15) is 0 Å². The Balaban J connectivity index is 1.13. The van der Waals surface area contributed by atoms with E-state index >= 15 is 0 Å². The molecule has 0 aliphatic carbocycles. The molecule has 0 bridgehead atoms. The molecule has 0 radical (unpaired) electrons. The van der Waals surface area contributed by atoms with Crippen molar-refractivity contribution < 1.29 is 0 Å². The highest BCUT2D eigenvalue weighted by Gasteiger charge is 2.15. The number of hydrogen-bond donors (Lipinski definition) is 0. The molecule has 10 aromatic rings. The topological polar surface area (TPSA) is 38.7 Å². The zero-order valence-electron chi connectivity index (χ0n) is 26.3. The molecule has 0 saturated carbocycles. The Hall–Kier alpha value is -6.23. The number of benzene rings is 8. The van der Waals surface area contributed by atoms with Crippen molar-refractivity contribution in [1.82, 2.24) is 15.0 Å². The molecule has 2 heterocycles. The molecule has 3 nitrogen and oxygen atoms in total. The molecule has 0 aliphatic heterocycles. The van der Waals surface area contributed by atoms with Crippen LogP contribution in [0.3, 0.4) is 0 Å². The van der Waals surface area contributed by atoms with Gasteiger partial charge in [-0.05, 0) is 85.9 Å². The minimum atomic E-state index is 0.650. The zero-order chi connectivity index (χ0) is 32.3. The molecule has 8 aromatic carbocycles. The quantitative estimate of drug-likeness (QED) is 0.180. The smallest absolute Gasteiger partial charge is 0.164 e. The van der Waals surface area contributed by atoms with Crippen molar-refractivity contribution in [2.45, 2.75) is 0 Å². The van der Waals surface area contributed by atoms with Gasteiger partial charge in [0.1, 0.15) is 0 Å². The third-order valence-corrected chi connectivity index (χ3v) is 10.6. The summed E-state index contributed by atoms with van der Waals surface area (Å²) >= 11 is 1.81. The lowest BCUT2D eigenvalue weighted by Gasteiger charge is -2.11. The highest BCUT2D eigenvalue weighted by Crippen LogP contribution is 2.37. The third-order valence-electron chi connectivity index (χ3n) is 9.48. The average molecular weight is 642 g/mol. The Morgan fingerprint density at radius 3 is 1.67 bits per heavy atom. The first-order chi connectivity index (χ1) is 24.2. The maximum absolute atomic E-state index is 5.13. The van der Waals surface area contributed by atoms with Crippen LogP contribution in [0.2, 0.25) is 0 Å². The molecule has 49 heavy (non-hydrogen) atoms. The molecule has 0 N–H and O–H groups in total. The van der Waals surface area contributed by atoms with E-state index in [9.17, 15) is 0 Å². The monoisotopic (exact) mass is 641 g/mol. The number of thiophene rings is 1. The van der Waals surface area contributed by atoms with Gasteiger partial charge < -0.3 is 0 Å². The maximum atomic E-state index is 5.13. The van der Waals surface area contributed by atoms with Crippen LogP contribution in [0.15, 0.2) is 164 Å². The molecule has 0 aliphatic rings. The minimum Gasteiger partial charge on any atom is -0.208 e. The predicted molar refractivity (Wildman–Crippen MR) is 207 cm³/mol. The molecule has 0 amide bonds. The standard InChI is InChI=1S/C45H27N3S/c1-2-10-30-25-35(19-16-28(30)8-1)44-46-43(47-45(48-44)36-21-23-42-40(27-36)39-14-5-6-15-41(39)49-42)34-12-7-11-31(26-34)32-20-22-38-33(24-32)18-17-29-9-3-4-13-37(29)38/h1-27H. The van der Waals surface area contributed by atoms with Gasteiger partial charge in [0.05, 0.1) is 0 Å². The van der Waals surface area contributed by atoms with Gasteiger partial charge in [0.15, 0.2) is 17.5 Å². The first-order valence-electron chi connectivity index (χ1n) is 16.4. The van der Waals surface area contributed by atoms with Crippen molar-refractivity contribution in [2.24, 2.45) is 0 Å². The number of nitrogens with zero attached hydrogens (tertiary/aromatic N) is 3. The van der Waals surface area contributed by atoms with Crippen molar-refractivity contribution >= 4 is 63.8 Å². The number of hydrogen-bond acceptors (Lipinski definition) is 4. The van der Waals surface area contributed by atoms with E-state index in [0.29, 0.717) is 17.5 Å². The number of aromatic nitrogens is 3. The zero-order valence-corrected chi connectivity index (χ0v) is 27.2. The normalized spacial score (nSPS) is 11.7. The highest BCUT2D eigenvalue weighted by atomic mass is 32.1. The lowest BCUT2D eigenvalue weighted by Crippen LogP contribution is -2.00. The molecular weight excluding hydrogens is 615 g/mol. The van der Waals surface area contributed by atoms with Crippen LogP contribution in [0, 0.1) is 0 Å². The SMILES string of the molecule is c1cc(-c2ccc3c(ccc4ccccc43)c2)cc(-c2nc(-c3ccc4ccccc4c3)nc(-c3ccc4sc5ccccc5c4c3)n2)c1. The van der Waals surface area contributed by atoms with E-state index in [-0.39, 0.29) is 0 Å². The third kappa shape index (κ3) is 4.85. The Kier molecular flexibility index (Phi) is 6.36. The summed E-state index contributed by atoms with van der Waals surface area (Å²) in [5.41, 5.74) is 5.16. The van der Waals surface area contributed by atoms with Crippen LogP contribution in [-0.4, -0.2) is 15.0 Å². The Bertz CT molecular complexity index is 2900. The summed E-state index contributed by atoms with van der Waals surface area (Å²) in [6.45, 7) is 0. The second-order valence-corrected chi connectivity index (χ2v) is 13.6. The van der Waals surface area contributed by atoms with Gasteiger partial charge in [0.25, 0.3) is 0 Å². The van der Waals surface area contributed by atoms with E-state index in [1.165, 1.54) is 47.1 Å². The van der Waals surface area contributed by atoms with Gasteiger partial charge in [-0.25, -0.2) is 15.0 Å². The van der Waals surface area contributed by atoms with Crippen LogP contribution in [0.5, 0.6) is 0 Å². The van der Waals surface area contributed by atoms with Crippen LogP contribution < -0.4 is 0 Å². The predicted octanol–water partition coefficient (Wildman–Crippen LogP) is 12.4. The Morgan fingerprint density at radius 1 is 0.286 bits per heavy atom. The van der Waals surface area contributed by atoms with Gasteiger partial charge in [0, 0.05) is 36.9 Å². The van der Waals surface area contributed by atoms with E-state index in [2.05, 4.69) is 164 Å². The first-order valence-corrected chi connectivity index (χ1v) is 17.2. The summed E-state index contributed by atoms with van der Waals surface area (Å²) in [5.74, 6) is 1.97. The molecule has 10 rings (SSSR count). The van der Waals surface area contributed by atoms with Gasteiger partial charge in [-0.2, -0.15) is 0 Å². The van der Waals surface area contributed by atoms with Gasteiger partial charge in [0.2, 0.25) is 0 Å². The van der Waals surface area contributed by atoms with E-state index in [1.807, 2.05) is 11.3 Å². The van der Waals surface area contributed by atoms with Crippen LogP contribution >= 0.6 is 11.3 Å². The minimum absolute atomic E-state index is 0.650. The van der Waals surface area contributed by atoms with Crippen LogP contribution in [0.4, 0.5) is 0 Å². The molecule has 0 fully saturated rings. The maximum Gasteiger partial charge on any atom is 0.164 e. The highest BCUT2D eigenvalue weighted by molar-refractivity contribution is 7.25. The number of fused-ring (bicyclic) bond motifs is 7. The van der Waals surface area contributed by atoms with Gasteiger partial charge in [-0.3, -0.25) is 0 Å². The number of rotatable bonds is 4. The van der Waals surface area contributed by atoms with E-state index in [1.54, 1.807) is 0 Å². The van der Waals surface area contributed by atoms with Crippen molar-refractivity contribution in [2.75, 3.05) is 0 Å². The molecule has 2 aromatic heterocycles. The largest absolute Gasteiger partial charge is 0.208 e. The van der Waals surface area contributed by atoms with Gasteiger partial charge >= 0.3 is 0 Å². The average Bonchev–Trinajstić information content (AvgIpc) is 3.55. The van der Waals surface area contributed by atoms with Crippen molar-refractivity contribution in [1.29, 1.82) is 0 Å². The summed E-state index contributed by atoms with van der Waals surface area (Å²) in [5, 5.41) is 9.82. The van der Waals surface area contributed by atoms with Gasteiger partial charge in [-0.15, -0.1) is 11.3 Å². The summed E-state index contributed by atoms with van der Waals surface area (Å²) in [7, 11) is 0. The van der Waals surface area contributed by atoms with Crippen LogP contribution in [0.25, 0.3) is 97.8 Å². The van der Waals surface area contributed by atoms with Crippen molar-refractivity contribution in [3.8, 4) is 45.3 Å². The molecule has 0 atom stereocenters. The van der Waals surface area contributed by atoms with E-state index < -0.39 is 0 Å². The lowest BCUT2D eigenvalue weighted by molar-refractivity contribution is 1.08. The second-order valence-electron chi connectivity index (χ2n) is 12.5. The van der Waals surface area contributed by atoms with E-state index in [4.69, 9.17) is 15.0 Å². The summed E-state index contributed by atoms with van der Waals surface area (Å²) < 4.78 is 2.53. The van der Waals surface area contributed by atoms with Crippen LogP contribution in [-0.2, 0) is 0 Å².